The standard InChI is InChI=1S/C29H26N2/c1-29(2,25-13-17-27(18-14-25)30-21-23-9-5-3-6-10-23)26-15-19-28(20-16-26)31-22-24-11-7-4-8-12-24/h3-22H,1-2H3/b30-21+,31-22+. The van der Waals surface area contributed by atoms with E-state index in [4.69, 9.17) is 0 Å². The van der Waals surface area contributed by atoms with Crippen molar-refractivity contribution in [3.63, 3.8) is 0 Å². The molecule has 0 atom stereocenters. The summed E-state index contributed by atoms with van der Waals surface area (Å²) in [5, 5.41) is 0. The molecule has 0 saturated carbocycles. The first-order valence-corrected chi connectivity index (χ1v) is 10.5. The van der Waals surface area contributed by atoms with Crippen LogP contribution in [0.4, 0.5) is 11.4 Å². The normalized spacial score (nSPS) is 11.9. The number of rotatable bonds is 6. The van der Waals surface area contributed by atoms with E-state index in [1.165, 1.54) is 11.1 Å². The molecule has 0 N–H and O–H groups in total. The van der Waals surface area contributed by atoms with E-state index in [0.717, 1.165) is 22.5 Å². The second kappa shape index (κ2) is 9.36. The zero-order valence-electron chi connectivity index (χ0n) is 17.9. The number of hydrogen-bond acceptors (Lipinski definition) is 2. The van der Waals surface area contributed by atoms with Crippen molar-refractivity contribution in [3.8, 4) is 0 Å². The third kappa shape index (κ3) is 5.23. The Hall–Kier alpha value is -3.78. The van der Waals surface area contributed by atoms with Crippen LogP contribution in [0.15, 0.2) is 119 Å². The average molecular weight is 403 g/mol. The Kier molecular flexibility index (Phi) is 6.18. The number of nitrogens with zero attached hydrogens (tertiary/aromatic N) is 2. The van der Waals surface area contributed by atoms with Gasteiger partial charge in [-0.3, -0.25) is 9.98 Å². The van der Waals surface area contributed by atoms with Crippen LogP contribution in [-0.4, -0.2) is 12.4 Å². The van der Waals surface area contributed by atoms with Crippen LogP contribution in [0.1, 0.15) is 36.1 Å². The third-order valence-electron chi connectivity index (χ3n) is 5.50. The van der Waals surface area contributed by atoms with Gasteiger partial charge in [0.25, 0.3) is 0 Å². The number of aliphatic imine (C=N–C) groups is 2. The Morgan fingerprint density at radius 1 is 0.484 bits per heavy atom. The summed E-state index contributed by atoms with van der Waals surface area (Å²) < 4.78 is 0. The first-order valence-electron chi connectivity index (χ1n) is 10.5. The molecule has 0 bridgehead atoms. The topological polar surface area (TPSA) is 24.7 Å². The van der Waals surface area contributed by atoms with Crippen molar-refractivity contribution in [2.75, 3.05) is 0 Å². The molecule has 0 unspecified atom stereocenters. The summed E-state index contributed by atoms with van der Waals surface area (Å²) in [6.07, 6.45) is 3.80. The lowest BCUT2D eigenvalue weighted by molar-refractivity contribution is 0.641. The molecule has 0 spiro atoms. The van der Waals surface area contributed by atoms with Crippen LogP contribution in [0.2, 0.25) is 0 Å². The van der Waals surface area contributed by atoms with Crippen LogP contribution in [0.25, 0.3) is 0 Å². The van der Waals surface area contributed by atoms with Crippen molar-refractivity contribution in [1.82, 2.24) is 0 Å². The molecule has 0 aliphatic heterocycles. The summed E-state index contributed by atoms with van der Waals surface area (Å²) in [6.45, 7) is 4.50. The first kappa shape index (κ1) is 20.5. The van der Waals surface area contributed by atoms with Gasteiger partial charge >= 0.3 is 0 Å². The molecule has 0 aliphatic rings. The van der Waals surface area contributed by atoms with Gasteiger partial charge in [0.15, 0.2) is 0 Å². The molecule has 0 aliphatic carbocycles. The molecule has 4 aromatic rings. The fourth-order valence-corrected chi connectivity index (χ4v) is 3.47. The van der Waals surface area contributed by atoms with Gasteiger partial charge in [0.1, 0.15) is 0 Å². The number of benzene rings is 4. The van der Waals surface area contributed by atoms with Crippen LogP contribution < -0.4 is 0 Å². The maximum Gasteiger partial charge on any atom is 0.0630 e. The van der Waals surface area contributed by atoms with E-state index in [2.05, 4.69) is 96.6 Å². The largest absolute Gasteiger partial charge is 0.256 e. The highest BCUT2D eigenvalue weighted by atomic mass is 14.7. The van der Waals surface area contributed by atoms with E-state index in [-0.39, 0.29) is 5.41 Å². The summed E-state index contributed by atoms with van der Waals surface area (Å²) >= 11 is 0. The van der Waals surface area contributed by atoms with Gasteiger partial charge in [-0.05, 0) is 46.5 Å². The van der Waals surface area contributed by atoms with E-state index < -0.39 is 0 Å². The molecule has 4 rings (SSSR count). The van der Waals surface area contributed by atoms with Crippen molar-refractivity contribution < 1.29 is 0 Å². The first-order chi connectivity index (χ1) is 15.1. The highest BCUT2D eigenvalue weighted by molar-refractivity contribution is 5.82. The van der Waals surface area contributed by atoms with Gasteiger partial charge in [-0.15, -0.1) is 0 Å². The minimum atomic E-state index is -0.108. The van der Waals surface area contributed by atoms with Crippen molar-refractivity contribution >= 4 is 23.8 Å². The fourth-order valence-electron chi connectivity index (χ4n) is 3.47. The van der Waals surface area contributed by atoms with Crippen molar-refractivity contribution in [1.29, 1.82) is 0 Å². The highest BCUT2D eigenvalue weighted by Crippen LogP contribution is 2.33. The van der Waals surface area contributed by atoms with Gasteiger partial charge in [0.05, 0.1) is 11.4 Å². The SMILES string of the molecule is CC(C)(c1ccc(/N=C/c2ccccc2)cc1)c1ccc(/N=C/c2ccccc2)cc1. The molecule has 31 heavy (non-hydrogen) atoms. The molecule has 0 amide bonds. The van der Waals surface area contributed by atoms with E-state index >= 15 is 0 Å². The zero-order chi connectivity index (χ0) is 21.5. The van der Waals surface area contributed by atoms with E-state index in [9.17, 15) is 0 Å². The molecule has 0 aromatic heterocycles. The Balaban J connectivity index is 1.47. The van der Waals surface area contributed by atoms with E-state index in [1.807, 2.05) is 48.8 Å². The third-order valence-corrected chi connectivity index (χ3v) is 5.50. The predicted octanol–water partition coefficient (Wildman–Crippen LogP) is 7.51. The van der Waals surface area contributed by atoms with Crippen molar-refractivity contribution in [2.24, 2.45) is 9.98 Å². The van der Waals surface area contributed by atoms with Gasteiger partial charge in [-0.1, -0.05) is 98.8 Å². The smallest absolute Gasteiger partial charge is 0.0630 e. The molecule has 0 radical (unpaired) electrons. The molecule has 2 nitrogen and oxygen atoms in total. The molecule has 0 saturated heterocycles. The van der Waals surface area contributed by atoms with Gasteiger partial charge in [-0.2, -0.15) is 0 Å². The van der Waals surface area contributed by atoms with Gasteiger partial charge in [0.2, 0.25) is 0 Å². The number of hydrogen-bond donors (Lipinski definition) is 0. The minimum absolute atomic E-state index is 0.108. The summed E-state index contributed by atoms with van der Waals surface area (Å²) in [6, 6.07) is 37.3. The van der Waals surface area contributed by atoms with Crippen LogP contribution in [0.3, 0.4) is 0 Å². The summed E-state index contributed by atoms with van der Waals surface area (Å²) in [7, 11) is 0. The van der Waals surface area contributed by atoms with Crippen LogP contribution in [0.5, 0.6) is 0 Å². The van der Waals surface area contributed by atoms with Gasteiger partial charge < -0.3 is 0 Å². The lowest BCUT2D eigenvalue weighted by Crippen LogP contribution is -2.18. The molecule has 4 aromatic carbocycles. The highest BCUT2D eigenvalue weighted by Gasteiger charge is 2.22. The van der Waals surface area contributed by atoms with E-state index in [0.29, 0.717) is 0 Å². The summed E-state index contributed by atoms with van der Waals surface area (Å²) in [4.78, 5) is 9.18. The van der Waals surface area contributed by atoms with Crippen molar-refractivity contribution in [2.45, 2.75) is 19.3 Å². The lowest BCUT2D eigenvalue weighted by atomic mass is 9.78. The molecule has 152 valence electrons. The maximum absolute atomic E-state index is 4.59. The fraction of sp³-hybridized carbons (Fsp3) is 0.103. The summed E-state index contributed by atoms with van der Waals surface area (Å²) in [5.74, 6) is 0. The second-order valence-electron chi connectivity index (χ2n) is 8.06. The Morgan fingerprint density at radius 3 is 1.19 bits per heavy atom. The summed E-state index contributed by atoms with van der Waals surface area (Å²) in [5.41, 5.74) is 6.51. The monoisotopic (exact) mass is 402 g/mol. The second-order valence-corrected chi connectivity index (χ2v) is 8.06. The maximum atomic E-state index is 4.59. The molecule has 0 heterocycles. The Bertz CT molecular complexity index is 1060. The van der Waals surface area contributed by atoms with Gasteiger partial charge in [-0.25, -0.2) is 0 Å². The van der Waals surface area contributed by atoms with E-state index in [1.54, 1.807) is 0 Å². The van der Waals surface area contributed by atoms with Crippen LogP contribution in [0, 0.1) is 0 Å². The lowest BCUT2D eigenvalue weighted by Gasteiger charge is -2.26. The predicted molar refractivity (Wildman–Crippen MR) is 132 cm³/mol. The average Bonchev–Trinajstić information content (AvgIpc) is 2.83. The zero-order valence-corrected chi connectivity index (χ0v) is 17.9. The quantitative estimate of drug-likeness (QED) is 0.298. The molecular weight excluding hydrogens is 376 g/mol. The van der Waals surface area contributed by atoms with Crippen molar-refractivity contribution in [3.05, 3.63) is 131 Å². The Labute approximate surface area is 184 Å². The minimum Gasteiger partial charge on any atom is -0.256 e. The molecule has 2 heteroatoms. The van der Waals surface area contributed by atoms with Crippen LogP contribution in [-0.2, 0) is 5.41 Å². The van der Waals surface area contributed by atoms with Gasteiger partial charge in [0, 0.05) is 17.8 Å². The Morgan fingerprint density at radius 2 is 0.839 bits per heavy atom. The molecule has 0 fully saturated rings. The molecular formula is C29H26N2. The van der Waals surface area contributed by atoms with Crippen LogP contribution >= 0.6 is 0 Å².